The summed E-state index contributed by atoms with van der Waals surface area (Å²) in [7, 11) is 0. The van der Waals surface area contributed by atoms with Crippen molar-refractivity contribution in [3.05, 3.63) is 65.5 Å². The molecule has 0 saturated carbocycles. The van der Waals surface area contributed by atoms with Crippen LogP contribution in [0.3, 0.4) is 0 Å². The fraction of sp³-hybridized carbons (Fsp3) is 0.333. The number of aryl methyl sites for hydroxylation is 1. The highest BCUT2D eigenvalue weighted by Gasteiger charge is 2.49. The van der Waals surface area contributed by atoms with Crippen LogP contribution < -0.4 is 10.1 Å². The van der Waals surface area contributed by atoms with Gasteiger partial charge in [-0.15, -0.1) is 0 Å². The fourth-order valence-corrected chi connectivity index (χ4v) is 3.12. The number of nitrogens with zero attached hydrogens (tertiary/aromatic N) is 1. The minimum atomic E-state index is -1.30. The SMILES string of the molecule is CCc1ccc(OCC(O)CN2C(=O)NC(C)(c3ccc(F)cc3)C2=O)cc1. The van der Waals surface area contributed by atoms with Crippen LogP contribution in [0.5, 0.6) is 5.75 Å². The van der Waals surface area contributed by atoms with Crippen molar-refractivity contribution in [2.24, 2.45) is 0 Å². The lowest BCUT2D eigenvalue weighted by Gasteiger charge is -2.23. The Labute approximate surface area is 162 Å². The van der Waals surface area contributed by atoms with Gasteiger partial charge in [-0.25, -0.2) is 9.18 Å². The van der Waals surface area contributed by atoms with Gasteiger partial charge in [-0.1, -0.05) is 31.2 Å². The molecule has 0 aromatic heterocycles. The highest BCUT2D eigenvalue weighted by atomic mass is 19.1. The Balaban J connectivity index is 1.62. The van der Waals surface area contributed by atoms with E-state index in [1.807, 2.05) is 24.3 Å². The van der Waals surface area contributed by atoms with Crippen molar-refractivity contribution < 1.29 is 23.8 Å². The number of ether oxygens (including phenoxy) is 1. The lowest BCUT2D eigenvalue weighted by molar-refractivity contribution is -0.132. The molecule has 3 rings (SSSR count). The van der Waals surface area contributed by atoms with E-state index < -0.39 is 29.4 Å². The summed E-state index contributed by atoms with van der Waals surface area (Å²) in [4.78, 5) is 26.0. The van der Waals surface area contributed by atoms with E-state index in [0.717, 1.165) is 11.3 Å². The van der Waals surface area contributed by atoms with Gasteiger partial charge in [0.15, 0.2) is 0 Å². The number of hydrogen-bond donors (Lipinski definition) is 2. The average molecular weight is 386 g/mol. The van der Waals surface area contributed by atoms with Crippen LogP contribution in [-0.2, 0) is 16.8 Å². The molecule has 0 spiro atoms. The van der Waals surface area contributed by atoms with E-state index in [2.05, 4.69) is 12.2 Å². The van der Waals surface area contributed by atoms with Crippen LogP contribution >= 0.6 is 0 Å². The molecule has 148 valence electrons. The number of rotatable bonds is 7. The van der Waals surface area contributed by atoms with Gasteiger partial charge in [0.1, 0.15) is 29.8 Å². The zero-order valence-electron chi connectivity index (χ0n) is 15.8. The number of imide groups is 1. The zero-order valence-corrected chi connectivity index (χ0v) is 15.8. The molecule has 1 saturated heterocycles. The molecule has 28 heavy (non-hydrogen) atoms. The first-order valence-electron chi connectivity index (χ1n) is 9.13. The van der Waals surface area contributed by atoms with Crippen LogP contribution in [0.15, 0.2) is 48.5 Å². The van der Waals surface area contributed by atoms with Gasteiger partial charge in [-0.3, -0.25) is 9.69 Å². The molecule has 2 aromatic carbocycles. The summed E-state index contributed by atoms with van der Waals surface area (Å²) in [6.45, 7) is 3.35. The van der Waals surface area contributed by atoms with Gasteiger partial charge in [-0.05, 0) is 48.7 Å². The number of urea groups is 1. The van der Waals surface area contributed by atoms with Crippen LogP contribution in [0, 0.1) is 5.82 Å². The van der Waals surface area contributed by atoms with E-state index in [1.54, 1.807) is 6.92 Å². The zero-order chi connectivity index (χ0) is 20.3. The molecule has 1 aliphatic heterocycles. The molecule has 1 heterocycles. The van der Waals surface area contributed by atoms with Gasteiger partial charge < -0.3 is 15.2 Å². The summed E-state index contributed by atoms with van der Waals surface area (Å²) < 4.78 is 18.7. The second kappa shape index (κ2) is 7.98. The third-order valence-corrected chi connectivity index (χ3v) is 4.86. The summed E-state index contributed by atoms with van der Waals surface area (Å²) in [6, 6.07) is 12.3. The van der Waals surface area contributed by atoms with Crippen LogP contribution in [0.1, 0.15) is 25.0 Å². The Hall–Kier alpha value is -2.93. The van der Waals surface area contributed by atoms with Crippen molar-refractivity contribution in [3.8, 4) is 5.75 Å². The quantitative estimate of drug-likeness (QED) is 0.717. The first kappa shape index (κ1) is 19.8. The highest BCUT2D eigenvalue weighted by molar-refractivity contribution is 6.07. The van der Waals surface area contributed by atoms with E-state index in [0.29, 0.717) is 11.3 Å². The number of β-amino-alcohol motifs (C(OH)–C–C–N with tert-alkyl or cyclic N) is 1. The molecular weight excluding hydrogens is 363 g/mol. The molecule has 2 aromatic rings. The van der Waals surface area contributed by atoms with Crippen LogP contribution in [0.2, 0.25) is 0 Å². The third kappa shape index (κ3) is 3.99. The molecule has 3 amide bonds. The third-order valence-electron chi connectivity index (χ3n) is 4.86. The molecule has 7 heteroatoms. The number of carbonyl (C=O) groups excluding carboxylic acids is 2. The number of hydrogen-bond acceptors (Lipinski definition) is 4. The first-order chi connectivity index (χ1) is 13.3. The fourth-order valence-electron chi connectivity index (χ4n) is 3.12. The molecule has 2 atom stereocenters. The van der Waals surface area contributed by atoms with Crippen molar-refractivity contribution >= 4 is 11.9 Å². The molecule has 1 aliphatic rings. The summed E-state index contributed by atoms with van der Waals surface area (Å²) in [5, 5.41) is 12.9. The summed E-state index contributed by atoms with van der Waals surface area (Å²) in [5.41, 5.74) is 0.338. The molecule has 0 radical (unpaired) electrons. The van der Waals surface area contributed by atoms with Crippen molar-refractivity contribution in [1.82, 2.24) is 10.2 Å². The number of aliphatic hydroxyl groups excluding tert-OH is 1. The smallest absolute Gasteiger partial charge is 0.325 e. The standard InChI is InChI=1S/C21H23FN2O4/c1-3-14-4-10-18(11-5-14)28-13-17(25)12-24-19(26)21(2,23-20(24)27)15-6-8-16(22)9-7-15/h4-11,17,25H,3,12-13H2,1-2H3,(H,23,27). The normalized spacial score (nSPS) is 20.2. The predicted molar refractivity (Wildman–Crippen MR) is 101 cm³/mol. The predicted octanol–water partition coefficient (Wildman–Crippen LogP) is 2.60. The van der Waals surface area contributed by atoms with Crippen molar-refractivity contribution in [2.45, 2.75) is 31.9 Å². The minimum Gasteiger partial charge on any atom is -0.491 e. The number of carbonyl (C=O) groups is 2. The Morgan fingerprint density at radius 1 is 1.14 bits per heavy atom. The van der Waals surface area contributed by atoms with E-state index in [-0.39, 0.29) is 13.2 Å². The lowest BCUT2D eigenvalue weighted by Crippen LogP contribution is -2.42. The Kier molecular flexibility index (Phi) is 5.65. The van der Waals surface area contributed by atoms with Gasteiger partial charge >= 0.3 is 6.03 Å². The minimum absolute atomic E-state index is 0.0597. The van der Waals surface area contributed by atoms with E-state index in [1.165, 1.54) is 29.8 Å². The maximum Gasteiger partial charge on any atom is 0.325 e. The molecule has 2 N–H and O–H groups in total. The molecule has 2 unspecified atom stereocenters. The average Bonchev–Trinajstić information content (AvgIpc) is 2.91. The Bertz CT molecular complexity index is 854. The molecule has 0 aliphatic carbocycles. The van der Waals surface area contributed by atoms with E-state index in [4.69, 9.17) is 4.74 Å². The van der Waals surface area contributed by atoms with Crippen LogP contribution in [-0.4, -0.2) is 41.2 Å². The maximum atomic E-state index is 13.2. The summed E-state index contributed by atoms with van der Waals surface area (Å²) in [5.74, 6) is -0.333. The Morgan fingerprint density at radius 3 is 2.39 bits per heavy atom. The number of amides is 3. The number of halogens is 1. The largest absolute Gasteiger partial charge is 0.491 e. The summed E-state index contributed by atoms with van der Waals surface area (Å²) in [6.07, 6.45) is -0.127. The molecular formula is C21H23FN2O4. The monoisotopic (exact) mass is 386 g/mol. The van der Waals surface area contributed by atoms with Crippen molar-refractivity contribution in [1.29, 1.82) is 0 Å². The van der Waals surface area contributed by atoms with Gasteiger partial charge in [0, 0.05) is 0 Å². The van der Waals surface area contributed by atoms with E-state index >= 15 is 0 Å². The van der Waals surface area contributed by atoms with Gasteiger partial charge in [0.05, 0.1) is 6.54 Å². The van der Waals surface area contributed by atoms with Gasteiger partial charge in [-0.2, -0.15) is 0 Å². The molecule has 0 bridgehead atoms. The molecule has 1 fully saturated rings. The van der Waals surface area contributed by atoms with Crippen LogP contribution in [0.25, 0.3) is 0 Å². The topological polar surface area (TPSA) is 78.9 Å². The number of aliphatic hydroxyl groups is 1. The maximum absolute atomic E-state index is 13.2. The second-order valence-corrected chi connectivity index (χ2v) is 6.94. The number of benzene rings is 2. The van der Waals surface area contributed by atoms with Gasteiger partial charge in [0.25, 0.3) is 5.91 Å². The van der Waals surface area contributed by atoms with E-state index in [9.17, 15) is 19.1 Å². The first-order valence-corrected chi connectivity index (χ1v) is 9.13. The van der Waals surface area contributed by atoms with Gasteiger partial charge in [0.2, 0.25) is 0 Å². The second-order valence-electron chi connectivity index (χ2n) is 6.94. The highest BCUT2D eigenvalue weighted by Crippen LogP contribution is 2.29. The lowest BCUT2D eigenvalue weighted by atomic mass is 9.92. The summed E-state index contributed by atoms with van der Waals surface area (Å²) >= 11 is 0. The molecule has 6 nitrogen and oxygen atoms in total. The van der Waals surface area contributed by atoms with Crippen molar-refractivity contribution in [3.63, 3.8) is 0 Å². The van der Waals surface area contributed by atoms with Crippen LogP contribution in [0.4, 0.5) is 9.18 Å². The number of nitrogens with one attached hydrogen (secondary N) is 1. The Morgan fingerprint density at radius 2 is 1.79 bits per heavy atom. The van der Waals surface area contributed by atoms with Crippen molar-refractivity contribution in [2.75, 3.05) is 13.2 Å².